The molecular formula is C16H14Cl2N2O2S. The van der Waals surface area contributed by atoms with Crippen molar-refractivity contribution in [3.05, 3.63) is 58.1 Å². The van der Waals surface area contributed by atoms with Gasteiger partial charge in [-0.25, -0.2) is 0 Å². The maximum atomic E-state index is 12.2. The Morgan fingerprint density at radius 2 is 1.65 bits per heavy atom. The molecule has 0 aliphatic heterocycles. The molecule has 120 valence electrons. The number of nitrogens with two attached hydrogens (primary N) is 1. The van der Waals surface area contributed by atoms with Crippen molar-refractivity contribution in [1.29, 1.82) is 0 Å². The van der Waals surface area contributed by atoms with Crippen LogP contribution < -0.4 is 11.1 Å². The molecule has 0 fully saturated rings. The fourth-order valence-electron chi connectivity index (χ4n) is 1.79. The van der Waals surface area contributed by atoms with Crippen molar-refractivity contribution in [2.75, 3.05) is 5.32 Å². The van der Waals surface area contributed by atoms with E-state index in [1.807, 2.05) is 0 Å². The number of thioether (sulfide) groups is 1. The summed E-state index contributed by atoms with van der Waals surface area (Å²) in [5, 5.41) is 3.38. The standard InChI is InChI=1S/C16H14Cl2N2O2S/c1-9(23-14-12(17)3-2-4-13(14)18)16(22)20-11-7-5-10(6-8-11)15(19)21/h2-9H,1H3,(H2,19,21)(H,20,22)/t9-/m1/s1. The van der Waals surface area contributed by atoms with Crippen molar-refractivity contribution >= 4 is 52.5 Å². The highest BCUT2D eigenvalue weighted by Gasteiger charge is 2.18. The maximum Gasteiger partial charge on any atom is 0.248 e. The number of amides is 2. The Kier molecular flexibility index (Phi) is 5.93. The van der Waals surface area contributed by atoms with E-state index in [0.29, 0.717) is 26.2 Å². The van der Waals surface area contributed by atoms with Crippen LogP contribution in [0.15, 0.2) is 47.4 Å². The van der Waals surface area contributed by atoms with Gasteiger partial charge in [-0.2, -0.15) is 0 Å². The Morgan fingerprint density at radius 1 is 1.09 bits per heavy atom. The van der Waals surface area contributed by atoms with Crippen molar-refractivity contribution < 1.29 is 9.59 Å². The Bertz CT molecular complexity index is 715. The van der Waals surface area contributed by atoms with Gasteiger partial charge in [0.2, 0.25) is 11.8 Å². The molecule has 0 aromatic heterocycles. The molecule has 2 aromatic rings. The molecule has 0 aliphatic carbocycles. The van der Waals surface area contributed by atoms with Crippen LogP contribution in [0.25, 0.3) is 0 Å². The first-order chi connectivity index (χ1) is 10.9. The molecule has 0 unspecified atom stereocenters. The summed E-state index contributed by atoms with van der Waals surface area (Å²) in [7, 11) is 0. The van der Waals surface area contributed by atoms with Gasteiger partial charge in [-0.05, 0) is 43.3 Å². The second kappa shape index (κ2) is 7.73. The molecule has 2 rings (SSSR count). The van der Waals surface area contributed by atoms with E-state index in [1.165, 1.54) is 11.8 Å². The Labute approximate surface area is 148 Å². The van der Waals surface area contributed by atoms with Gasteiger partial charge in [0, 0.05) is 16.1 Å². The molecule has 0 spiro atoms. The van der Waals surface area contributed by atoms with Crippen molar-refractivity contribution in [3.8, 4) is 0 Å². The minimum Gasteiger partial charge on any atom is -0.366 e. The summed E-state index contributed by atoms with van der Waals surface area (Å²) in [5.41, 5.74) is 6.14. The van der Waals surface area contributed by atoms with Crippen LogP contribution in [0.5, 0.6) is 0 Å². The van der Waals surface area contributed by atoms with Crippen molar-refractivity contribution in [1.82, 2.24) is 0 Å². The SMILES string of the molecule is C[C@@H](Sc1c(Cl)cccc1Cl)C(=O)Nc1ccc(C(N)=O)cc1. The van der Waals surface area contributed by atoms with Gasteiger partial charge in [0.25, 0.3) is 0 Å². The Morgan fingerprint density at radius 3 is 2.17 bits per heavy atom. The minimum absolute atomic E-state index is 0.196. The van der Waals surface area contributed by atoms with Crippen LogP contribution in [0, 0.1) is 0 Å². The van der Waals surface area contributed by atoms with Crippen molar-refractivity contribution in [2.24, 2.45) is 5.73 Å². The van der Waals surface area contributed by atoms with Crippen LogP contribution in [0.2, 0.25) is 10.0 Å². The molecule has 4 nitrogen and oxygen atoms in total. The number of anilines is 1. The van der Waals surface area contributed by atoms with E-state index < -0.39 is 11.2 Å². The molecule has 0 saturated heterocycles. The largest absolute Gasteiger partial charge is 0.366 e. The molecule has 2 aromatic carbocycles. The molecular weight excluding hydrogens is 355 g/mol. The van der Waals surface area contributed by atoms with E-state index in [9.17, 15) is 9.59 Å². The predicted octanol–water partition coefficient (Wildman–Crippen LogP) is 4.21. The topological polar surface area (TPSA) is 72.2 Å². The van der Waals surface area contributed by atoms with E-state index in [2.05, 4.69) is 5.32 Å². The zero-order chi connectivity index (χ0) is 17.0. The van der Waals surface area contributed by atoms with E-state index in [-0.39, 0.29) is 5.91 Å². The summed E-state index contributed by atoms with van der Waals surface area (Å²) in [5.74, 6) is -0.710. The molecule has 0 bridgehead atoms. The van der Waals surface area contributed by atoms with Crippen LogP contribution in [0.1, 0.15) is 17.3 Å². The molecule has 1 atom stereocenters. The van der Waals surface area contributed by atoms with Gasteiger partial charge in [-0.1, -0.05) is 29.3 Å². The van der Waals surface area contributed by atoms with E-state index in [1.54, 1.807) is 49.4 Å². The van der Waals surface area contributed by atoms with Gasteiger partial charge in [0.1, 0.15) is 0 Å². The lowest BCUT2D eigenvalue weighted by Gasteiger charge is -2.14. The summed E-state index contributed by atoms with van der Waals surface area (Å²) >= 11 is 13.5. The minimum atomic E-state index is -0.514. The third kappa shape index (κ3) is 4.64. The molecule has 0 saturated carbocycles. The number of primary amides is 1. The first-order valence-electron chi connectivity index (χ1n) is 6.70. The van der Waals surface area contributed by atoms with Crippen LogP contribution >= 0.6 is 35.0 Å². The Hall–Kier alpha value is -1.69. The molecule has 7 heteroatoms. The summed E-state index contributed by atoms with van der Waals surface area (Å²) in [6.07, 6.45) is 0. The zero-order valence-electron chi connectivity index (χ0n) is 12.2. The number of carbonyl (C=O) groups excluding carboxylic acids is 2. The highest BCUT2D eigenvalue weighted by atomic mass is 35.5. The van der Waals surface area contributed by atoms with E-state index in [0.717, 1.165) is 0 Å². The number of carbonyl (C=O) groups is 2. The summed E-state index contributed by atoms with van der Waals surface area (Å²) in [6, 6.07) is 11.6. The van der Waals surface area contributed by atoms with Crippen LogP contribution in [0.4, 0.5) is 5.69 Å². The second-order valence-corrected chi connectivity index (χ2v) is 6.91. The summed E-state index contributed by atoms with van der Waals surface area (Å²) < 4.78 is 0. The van der Waals surface area contributed by atoms with Gasteiger partial charge in [-0.3, -0.25) is 9.59 Å². The van der Waals surface area contributed by atoms with Crippen LogP contribution in [-0.4, -0.2) is 17.1 Å². The molecule has 0 aliphatic rings. The van der Waals surface area contributed by atoms with Gasteiger partial charge in [0.15, 0.2) is 0 Å². The lowest BCUT2D eigenvalue weighted by Crippen LogP contribution is -2.22. The number of hydrogen-bond acceptors (Lipinski definition) is 3. The quantitative estimate of drug-likeness (QED) is 0.776. The molecule has 23 heavy (non-hydrogen) atoms. The number of rotatable bonds is 5. The fraction of sp³-hybridized carbons (Fsp3) is 0.125. The monoisotopic (exact) mass is 368 g/mol. The fourth-order valence-corrected chi connectivity index (χ4v) is 3.33. The number of halogens is 2. The lowest BCUT2D eigenvalue weighted by molar-refractivity contribution is -0.115. The molecule has 0 heterocycles. The zero-order valence-corrected chi connectivity index (χ0v) is 14.5. The van der Waals surface area contributed by atoms with Gasteiger partial charge >= 0.3 is 0 Å². The lowest BCUT2D eigenvalue weighted by atomic mass is 10.2. The van der Waals surface area contributed by atoms with E-state index in [4.69, 9.17) is 28.9 Å². The average Bonchev–Trinajstić information content (AvgIpc) is 2.51. The molecule has 3 N–H and O–H groups in total. The second-order valence-electron chi connectivity index (χ2n) is 4.74. The Balaban J connectivity index is 2.04. The van der Waals surface area contributed by atoms with Crippen molar-refractivity contribution in [3.63, 3.8) is 0 Å². The van der Waals surface area contributed by atoms with Gasteiger partial charge in [0.05, 0.1) is 15.3 Å². The summed E-state index contributed by atoms with van der Waals surface area (Å²) in [4.78, 5) is 23.9. The number of benzene rings is 2. The highest BCUT2D eigenvalue weighted by molar-refractivity contribution is 8.00. The highest BCUT2D eigenvalue weighted by Crippen LogP contribution is 2.36. The molecule has 0 radical (unpaired) electrons. The van der Waals surface area contributed by atoms with Crippen LogP contribution in [-0.2, 0) is 4.79 Å². The van der Waals surface area contributed by atoms with E-state index >= 15 is 0 Å². The smallest absolute Gasteiger partial charge is 0.248 e. The normalized spacial score (nSPS) is 11.8. The van der Waals surface area contributed by atoms with Gasteiger partial charge in [-0.15, -0.1) is 11.8 Å². The third-order valence-electron chi connectivity index (χ3n) is 3.02. The summed E-state index contributed by atoms with van der Waals surface area (Å²) in [6.45, 7) is 1.76. The average molecular weight is 369 g/mol. The predicted molar refractivity (Wildman–Crippen MR) is 95.4 cm³/mol. The number of hydrogen-bond donors (Lipinski definition) is 2. The molecule has 2 amide bonds. The number of nitrogens with one attached hydrogen (secondary N) is 1. The third-order valence-corrected chi connectivity index (χ3v) is 5.12. The van der Waals surface area contributed by atoms with Crippen molar-refractivity contribution in [2.45, 2.75) is 17.1 Å². The van der Waals surface area contributed by atoms with Gasteiger partial charge < -0.3 is 11.1 Å². The van der Waals surface area contributed by atoms with Crippen LogP contribution in [0.3, 0.4) is 0 Å². The first-order valence-corrected chi connectivity index (χ1v) is 8.33. The first kappa shape index (κ1) is 17.7. The maximum absolute atomic E-state index is 12.2.